The third-order valence-electron chi connectivity index (χ3n) is 3.23. The van der Waals surface area contributed by atoms with Gasteiger partial charge in [0.05, 0.1) is 0 Å². The van der Waals surface area contributed by atoms with E-state index in [-0.39, 0.29) is 12.5 Å². The third-order valence-corrected chi connectivity index (χ3v) is 3.23. The molecule has 5 heteroatoms. The van der Waals surface area contributed by atoms with Crippen molar-refractivity contribution in [2.24, 2.45) is 5.92 Å². The van der Waals surface area contributed by atoms with Gasteiger partial charge in [-0.25, -0.2) is 0 Å². The van der Waals surface area contributed by atoms with Gasteiger partial charge in [0, 0.05) is 25.7 Å². The SMILES string of the molecule is CCNC(CCC(F)(F)F)CC1CCOCC1. The number of hydrogen-bond donors (Lipinski definition) is 1. The maximum atomic E-state index is 12.2. The summed E-state index contributed by atoms with van der Waals surface area (Å²) in [5.41, 5.74) is 0. The van der Waals surface area contributed by atoms with Crippen molar-refractivity contribution in [3.8, 4) is 0 Å². The lowest BCUT2D eigenvalue weighted by Gasteiger charge is -2.27. The van der Waals surface area contributed by atoms with E-state index in [0.29, 0.717) is 5.92 Å². The fraction of sp³-hybridized carbons (Fsp3) is 1.00. The summed E-state index contributed by atoms with van der Waals surface area (Å²) in [5, 5.41) is 3.16. The Hall–Kier alpha value is -0.290. The summed E-state index contributed by atoms with van der Waals surface area (Å²) in [6, 6.07) is -0.00951. The Kier molecular flexibility index (Phi) is 6.27. The van der Waals surface area contributed by atoms with Crippen LogP contribution in [0.4, 0.5) is 13.2 Å². The minimum absolute atomic E-state index is 0.00951. The van der Waals surface area contributed by atoms with Crippen molar-refractivity contribution >= 4 is 0 Å². The molecule has 1 saturated heterocycles. The topological polar surface area (TPSA) is 21.3 Å². The van der Waals surface area contributed by atoms with Gasteiger partial charge in [-0.15, -0.1) is 0 Å². The number of rotatable bonds is 6. The van der Waals surface area contributed by atoms with Crippen LogP contribution >= 0.6 is 0 Å². The summed E-state index contributed by atoms with van der Waals surface area (Å²) < 4.78 is 41.8. The predicted molar refractivity (Wildman–Crippen MR) is 60.9 cm³/mol. The van der Waals surface area contributed by atoms with Crippen molar-refractivity contribution in [1.82, 2.24) is 5.32 Å². The summed E-state index contributed by atoms with van der Waals surface area (Å²) in [6.45, 7) is 4.17. The fourth-order valence-corrected chi connectivity index (χ4v) is 2.31. The van der Waals surface area contributed by atoms with Gasteiger partial charge >= 0.3 is 6.18 Å². The van der Waals surface area contributed by atoms with Gasteiger partial charge in [0.25, 0.3) is 0 Å². The fourth-order valence-electron chi connectivity index (χ4n) is 2.31. The zero-order chi connectivity index (χ0) is 12.7. The summed E-state index contributed by atoms with van der Waals surface area (Å²) in [4.78, 5) is 0. The van der Waals surface area contributed by atoms with Crippen LogP contribution in [0.3, 0.4) is 0 Å². The third kappa shape index (κ3) is 6.88. The van der Waals surface area contributed by atoms with Gasteiger partial charge < -0.3 is 10.1 Å². The van der Waals surface area contributed by atoms with Crippen LogP contribution in [-0.2, 0) is 4.74 Å². The highest BCUT2D eigenvalue weighted by Crippen LogP contribution is 2.26. The van der Waals surface area contributed by atoms with E-state index in [4.69, 9.17) is 4.74 Å². The largest absolute Gasteiger partial charge is 0.389 e. The Balaban J connectivity index is 2.31. The molecule has 0 aromatic carbocycles. The molecule has 0 aliphatic carbocycles. The first-order valence-electron chi connectivity index (χ1n) is 6.39. The number of halogens is 3. The molecule has 0 spiro atoms. The first-order chi connectivity index (χ1) is 8.01. The van der Waals surface area contributed by atoms with Crippen molar-refractivity contribution in [3.05, 3.63) is 0 Å². The highest BCUT2D eigenvalue weighted by atomic mass is 19.4. The molecule has 0 aromatic rings. The first-order valence-corrected chi connectivity index (χ1v) is 6.39. The number of hydrogen-bond acceptors (Lipinski definition) is 2. The zero-order valence-electron chi connectivity index (χ0n) is 10.4. The van der Waals surface area contributed by atoms with Crippen LogP contribution in [0.1, 0.15) is 39.0 Å². The lowest BCUT2D eigenvalue weighted by atomic mass is 9.90. The molecule has 1 fully saturated rings. The van der Waals surface area contributed by atoms with E-state index >= 15 is 0 Å². The van der Waals surface area contributed by atoms with Crippen molar-refractivity contribution in [1.29, 1.82) is 0 Å². The van der Waals surface area contributed by atoms with Crippen molar-refractivity contribution in [2.75, 3.05) is 19.8 Å². The van der Waals surface area contributed by atoms with Crippen molar-refractivity contribution < 1.29 is 17.9 Å². The molecular formula is C12H22F3NO. The predicted octanol–water partition coefficient (Wildman–Crippen LogP) is 3.12. The van der Waals surface area contributed by atoms with Gasteiger partial charge in [-0.3, -0.25) is 0 Å². The molecule has 2 nitrogen and oxygen atoms in total. The summed E-state index contributed by atoms with van der Waals surface area (Å²) in [5.74, 6) is 0.515. The van der Waals surface area contributed by atoms with Gasteiger partial charge in [0.1, 0.15) is 0 Å². The normalized spacial score (nSPS) is 20.5. The monoisotopic (exact) mass is 253 g/mol. The molecule has 0 bridgehead atoms. The van der Waals surface area contributed by atoms with E-state index < -0.39 is 12.6 Å². The van der Waals surface area contributed by atoms with Crippen LogP contribution in [-0.4, -0.2) is 32.0 Å². The highest BCUT2D eigenvalue weighted by Gasteiger charge is 2.29. The second-order valence-corrected chi connectivity index (χ2v) is 4.70. The van der Waals surface area contributed by atoms with Crippen LogP contribution in [0.25, 0.3) is 0 Å². The lowest BCUT2D eigenvalue weighted by Crippen LogP contribution is -2.33. The molecule has 1 heterocycles. The van der Waals surface area contributed by atoms with Crippen LogP contribution in [0, 0.1) is 5.92 Å². The quantitative estimate of drug-likeness (QED) is 0.785. The molecule has 0 radical (unpaired) electrons. The molecule has 1 unspecified atom stereocenters. The van der Waals surface area contributed by atoms with Crippen LogP contribution in [0.5, 0.6) is 0 Å². The molecule has 1 aliphatic heterocycles. The molecule has 102 valence electrons. The zero-order valence-corrected chi connectivity index (χ0v) is 10.4. The maximum Gasteiger partial charge on any atom is 0.389 e. The van der Waals surface area contributed by atoms with E-state index in [1.807, 2.05) is 6.92 Å². The van der Waals surface area contributed by atoms with Gasteiger partial charge in [-0.05, 0) is 38.1 Å². The van der Waals surface area contributed by atoms with E-state index in [1.54, 1.807) is 0 Å². The standard InChI is InChI=1S/C12H22F3NO/c1-2-16-11(3-6-12(13,14)15)9-10-4-7-17-8-5-10/h10-11,16H,2-9H2,1H3. The Morgan fingerprint density at radius 2 is 1.94 bits per heavy atom. The van der Waals surface area contributed by atoms with Gasteiger partial charge in [0.2, 0.25) is 0 Å². The van der Waals surface area contributed by atoms with Gasteiger partial charge in [0.15, 0.2) is 0 Å². The molecule has 1 rings (SSSR count). The van der Waals surface area contributed by atoms with Gasteiger partial charge in [-0.2, -0.15) is 13.2 Å². The molecule has 0 saturated carbocycles. The minimum atomic E-state index is -4.04. The van der Waals surface area contributed by atoms with E-state index in [1.165, 1.54) is 0 Å². The molecule has 1 N–H and O–H groups in total. The van der Waals surface area contributed by atoms with Crippen LogP contribution in [0.2, 0.25) is 0 Å². The second-order valence-electron chi connectivity index (χ2n) is 4.70. The summed E-state index contributed by atoms with van der Waals surface area (Å²) in [7, 11) is 0. The second kappa shape index (κ2) is 7.21. The Labute approximate surface area is 101 Å². The van der Waals surface area contributed by atoms with E-state index in [0.717, 1.165) is 39.0 Å². The summed E-state index contributed by atoms with van der Waals surface area (Å²) in [6.07, 6.45) is -1.74. The molecule has 0 aromatic heterocycles. The smallest absolute Gasteiger partial charge is 0.381 e. The first kappa shape index (κ1) is 14.8. The Morgan fingerprint density at radius 1 is 1.29 bits per heavy atom. The molecule has 0 amide bonds. The van der Waals surface area contributed by atoms with Crippen molar-refractivity contribution in [2.45, 2.75) is 51.2 Å². The molecule has 1 atom stereocenters. The minimum Gasteiger partial charge on any atom is -0.381 e. The molecule has 1 aliphatic rings. The number of nitrogens with one attached hydrogen (secondary N) is 1. The molecular weight excluding hydrogens is 231 g/mol. The number of ether oxygens (including phenoxy) is 1. The number of alkyl halides is 3. The van der Waals surface area contributed by atoms with E-state index in [9.17, 15) is 13.2 Å². The van der Waals surface area contributed by atoms with Gasteiger partial charge in [-0.1, -0.05) is 6.92 Å². The maximum absolute atomic E-state index is 12.2. The van der Waals surface area contributed by atoms with Crippen LogP contribution < -0.4 is 5.32 Å². The van der Waals surface area contributed by atoms with Crippen molar-refractivity contribution in [3.63, 3.8) is 0 Å². The van der Waals surface area contributed by atoms with Crippen LogP contribution in [0.15, 0.2) is 0 Å². The Bertz CT molecular complexity index is 202. The van der Waals surface area contributed by atoms with E-state index in [2.05, 4.69) is 5.32 Å². The Morgan fingerprint density at radius 3 is 2.47 bits per heavy atom. The summed E-state index contributed by atoms with van der Waals surface area (Å²) >= 11 is 0. The average Bonchev–Trinajstić information content (AvgIpc) is 2.27. The lowest BCUT2D eigenvalue weighted by molar-refractivity contribution is -0.137. The molecule has 17 heavy (non-hydrogen) atoms. The highest BCUT2D eigenvalue weighted by molar-refractivity contribution is 4.74. The average molecular weight is 253 g/mol.